The topological polar surface area (TPSA) is 55.6 Å². The average Bonchev–Trinajstić information content (AvgIpc) is 2.94. The number of nitrogens with zero attached hydrogens (tertiary/aromatic N) is 4. The number of fused-ring (bicyclic) bond motifs is 1. The van der Waals surface area contributed by atoms with Gasteiger partial charge in [0.2, 0.25) is 0 Å². The highest BCUT2D eigenvalue weighted by atomic mass is 15.1. The molecule has 0 saturated heterocycles. The Balaban J connectivity index is 1.98. The van der Waals surface area contributed by atoms with E-state index in [1.54, 1.807) is 0 Å². The normalized spacial score (nSPS) is 18.0. The molecular weight excluding hydrogens is 250 g/mol. The van der Waals surface area contributed by atoms with Gasteiger partial charge in [0.05, 0.1) is 12.5 Å². The molecule has 1 unspecified atom stereocenters. The number of hydrogen-bond donors (Lipinski definition) is 1. The molecule has 106 valence electrons. The molecule has 3 rings (SSSR count). The molecule has 1 atom stereocenters. The van der Waals surface area contributed by atoms with Gasteiger partial charge in [0.15, 0.2) is 5.82 Å². The highest BCUT2D eigenvalue weighted by molar-refractivity contribution is 5.49. The second kappa shape index (κ2) is 5.71. The molecule has 0 aliphatic heterocycles. The smallest absolute Gasteiger partial charge is 0.178 e. The van der Waals surface area contributed by atoms with Crippen molar-refractivity contribution in [3.8, 4) is 11.5 Å². The highest BCUT2D eigenvalue weighted by Gasteiger charge is 2.21. The lowest BCUT2D eigenvalue weighted by Gasteiger charge is -2.24. The zero-order valence-electron chi connectivity index (χ0n) is 12.1. The molecule has 0 fully saturated rings. The maximum Gasteiger partial charge on any atom is 0.178 e. The van der Waals surface area contributed by atoms with E-state index in [0.29, 0.717) is 6.04 Å². The highest BCUT2D eigenvalue weighted by Crippen LogP contribution is 2.29. The molecule has 5 nitrogen and oxygen atoms in total. The van der Waals surface area contributed by atoms with Crippen molar-refractivity contribution in [2.45, 2.75) is 45.2 Å². The summed E-state index contributed by atoms with van der Waals surface area (Å²) in [5, 5.41) is 3.35. The molecule has 1 N–H and O–H groups in total. The first-order valence-corrected chi connectivity index (χ1v) is 7.37. The molecular formula is C15H21N5. The van der Waals surface area contributed by atoms with Gasteiger partial charge in [-0.3, -0.25) is 0 Å². The molecule has 5 heteroatoms. The Morgan fingerprint density at radius 2 is 2.30 bits per heavy atom. The van der Waals surface area contributed by atoms with Crippen LogP contribution in [0.4, 0.5) is 0 Å². The van der Waals surface area contributed by atoms with E-state index in [1.165, 1.54) is 24.1 Å². The maximum absolute atomic E-state index is 4.78. The van der Waals surface area contributed by atoms with Gasteiger partial charge in [-0.15, -0.1) is 0 Å². The minimum absolute atomic E-state index is 0.397. The molecule has 0 bridgehead atoms. The fourth-order valence-corrected chi connectivity index (χ4v) is 2.90. The van der Waals surface area contributed by atoms with Crippen LogP contribution in [0, 0.1) is 0 Å². The number of rotatable bonds is 4. The molecule has 1 aliphatic rings. The summed E-state index contributed by atoms with van der Waals surface area (Å²) in [5.41, 5.74) is 3.45. The van der Waals surface area contributed by atoms with Crippen molar-refractivity contribution in [2.24, 2.45) is 0 Å². The number of aromatic nitrogens is 4. The van der Waals surface area contributed by atoms with Crippen LogP contribution in [0.25, 0.3) is 11.5 Å². The van der Waals surface area contributed by atoms with Crippen molar-refractivity contribution in [3.63, 3.8) is 0 Å². The van der Waals surface area contributed by atoms with Crippen molar-refractivity contribution < 1.29 is 0 Å². The molecule has 2 heterocycles. The van der Waals surface area contributed by atoms with Gasteiger partial charge in [0.25, 0.3) is 0 Å². The lowest BCUT2D eigenvalue weighted by molar-refractivity contribution is 0.487. The molecule has 0 radical (unpaired) electrons. The molecule has 0 spiro atoms. The molecule has 1 aliphatic carbocycles. The Morgan fingerprint density at radius 1 is 1.40 bits per heavy atom. The first-order chi connectivity index (χ1) is 9.83. The predicted octanol–water partition coefficient (Wildman–Crippen LogP) is 2.35. The first-order valence-electron chi connectivity index (χ1n) is 7.37. The lowest BCUT2D eigenvalue weighted by Crippen LogP contribution is -2.23. The van der Waals surface area contributed by atoms with Crippen LogP contribution in [0.5, 0.6) is 0 Å². The van der Waals surface area contributed by atoms with Gasteiger partial charge in [-0.2, -0.15) is 0 Å². The van der Waals surface area contributed by atoms with E-state index in [2.05, 4.69) is 26.8 Å². The van der Waals surface area contributed by atoms with Gasteiger partial charge in [-0.1, -0.05) is 6.92 Å². The van der Waals surface area contributed by atoms with Crippen LogP contribution in [0.3, 0.4) is 0 Å². The zero-order valence-corrected chi connectivity index (χ0v) is 12.1. The van der Waals surface area contributed by atoms with Crippen molar-refractivity contribution in [2.75, 3.05) is 7.05 Å². The fourth-order valence-electron chi connectivity index (χ4n) is 2.90. The maximum atomic E-state index is 4.78. The zero-order chi connectivity index (χ0) is 13.9. The molecule has 2 aromatic heterocycles. The quantitative estimate of drug-likeness (QED) is 0.927. The Hall–Kier alpha value is -1.75. The van der Waals surface area contributed by atoms with E-state index in [9.17, 15) is 0 Å². The van der Waals surface area contributed by atoms with Gasteiger partial charge in [0.1, 0.15) is 5.69 Å². The van der Waals surface area contributed by atoms with E-state index in [1.807, 2.05) is 25.8 Å². The van der Waals surface area contributed by atoms with Crippen molar-refractivity contribution in [1.82, 2.24) is 24.8 Å². The fraction of sp³-hybridized carbons (Fsp3) is 0.533. The van der Waals surface area contributed by atoms with Crippen LogP contribution in [-0.4, -0.2) is 26.6 Å². The van der Waals surface area contributed by atoms with Crippen LogP contribution < -0.4 is 5.32 Å². The number of aryl methyl sites for hydroxylation is 2. The summed E-state index contributed by atoms with van der Waals surface area (Å²) in [6.07, 6.45) is 10.2. The lowest BCUT2D eigenvalue weighted by atomic mass is 9.92. The van der Waals surface area contributed by atoms with E-state index in [0.717, 1.165) is 30.9 Å². The summed E-state index contributed by atoms with van der Waals surface area (Å²) in [6.45, 7) is 3.12. The van der Waals surface area contributed by atoms with E-state index < -0.39 is 0 Å². The van der Waals surface area contributed by atoms with Gasteiger partial charge in [-0.05, 0) is 32.7 Å². The third-order valence-corrected chi connectivity index (χ3v) is 3.94. The molecule has 0 amide bonds. The Labute approximate surface area is 119 Å². The predicted molar refractivity (Wildman–Crippen MR) is 78.3 cm³/mol. The summed E-state index contributed by atoms with van der Waals surface area (Å²) in [6, 6.07) is 0.397. The second-order valence-electron chi connectivity index (χ2n) is 5.30. The number of imidazole rings is 1. The van der Waals surface area contributed by atoms with Crippen LogP contribution in [0.15, 0.2) is 18.7 Å². The first kappa shape index (κ1) is 13.2. The average molecular weight is 271 g/mol. The van der Waals surface area contributed by atoms with Gasteiger partial charge in [-0.25, -0.2) is 15.0 Å². The standard InChI is InChI=1S/C15H21N5/c1-3-7-20-10-17-9-14(20)15-18-8-11-12(16-2)5-4-6-13(11)19-15/h8-10,12,16H,3-7H2,1-2H3. The number of nitrogens with one attached hydrogen (secondary N) is 1. The number of hydrogen-bond acceptors (Lipinski definition) is 4. The summed E-state index contributed by atoms with van der Waals surface area (Å²) >= 11 is 0. The molecule has 0 saturated carbocycles. The third-order valence-electron chi connectivity index (χ3n) is 3.94. The summed E-state index contributed by atoms with van der Waals surface area (Å²) in [7, 11) is 2.00. The van der Waals surface area contributed by atoms with Crippen LogP contribution in [-0.2, 0) is 13.0 Å². The molecule has 2 aromatic rings. The minimum Gasteiger partial charge on any atom is -0.328 e. The van der Waals surface area contributed by atoms with E-state index in [-0.39, 0.29) is 0 Å². The van der Waals surface area contributed by atoms with Gasteiger partial charge in [0, 0.05) is 30.0 Å². The Kier molecular flexibility index (Phi) is 3.78. The summed E-state index contributed by atoms with van der Waals surface area (Å²) in [4.78, 5) is 13.6. The summed E-state index contributed by atoms with van der Waals surface area (Å²) < 4.78 is 2.13. The van der Waals surface area contributed by atoms with Gasteiger partial charge >= 0.3 is 0 Å². The summed E-state index contributed by atoms with van der Waals surface area (Å²) in [5.74, 6) is 0.798. The third kappa shape index (κ3) is 2.33. The van der Waals surface area contributed by atoms with Crippen molar-refractivity contribution >= 4 is 0 Å². The van der Waals surface area contributed by atoms with Crippen molar-refractivity contribution in [3.05, 3.63) is 30.0 Å². The SMILES string of the molecule is CCCn1cncc1-c1ncc2c(n1)CCCC2NC. The minimum atomic E-state index is 0.397. The van der Waals surface area contributed by atoms with Crippen LogP contribution in [0.1, 0.15) is 43.5 Å². The molecule has 0 aromatic carbocycles. The van der Waals surface area contributed by atoms with Gasteiger partial charge < -0.3 is 9.88 Å². The Morgan fingerprint density at radius 3 is 3.10 bits per heavy atom. The van der Waals surface area contributed by atoms with Crippen molar-refractivity contribution in [1.29, 1.82) is 0 Å². The second-order valence-corrected chi connectivity index (χ2v) is 5.30. The largest absolute Gasteiger partial charge is 0.328 e. The van der Waals surface area contributed by atoms with Crippen LogP contribution in [0.2, 0.25) is 0 Å². The van der Waals surface area contributed by atoms with E-state index >= 15 is 0 Å². The van der Waals surface area contributed by atoms with Crippen LogP contribution >= 0.6 is 0 Å². The monoisotopic (exact) mass is 271 g/mol. The molecule has 20 heavy (non-hydrogen) atoms. The van der Waals surface area contributed by atoms with E-state index in [4.69, 9.17) is 4.98 Å². The Bertz CT molecular complexity index is 590.